The molecule has 0 aliphatic rings. The van der Waals surface area contributed by atoms with Crippen molar-refractivity contribution in [2.75, 3.05) is 6.61 Å². The van der Waals surface area contributed by atoms with E-state index < -0.39 is 17.5 Å². The lowest BCUT2D eigenvalue weighted by molar-refractivity contribution is -0.311. The highest BCUT2D eigenvalue weighted by atomic mass is 16.5. The third-order valence-electron chi connectivity index (χ3n) is 2.90. The summed E-state index contributed by atoms with van der Waals surface area (Å²) in [5.74, 6) is -2.88. The molecule has 0 bridgehead atoms. The van der Waals surface area contributed by atoms with Crippen molar-refractivity contribution in [1.82, 2.24) is 0 Å². The molecule has 0 aromatic heterocycles. The Morgan fingerprint density at radius 2 is 1.67 bits per heavy atom. The van der Waals surface area contributed by atoms with E-state index in [9.17, 15) is 19.8 Å². The number of carboxylic acid groups (broad SMARTS) is 2. The third kappa shape index (κ3) is 6.12. The Labute approximate surface area is 123 Å². The minimum atomic E-state index is -1.77. The second-order valence-electron chi connectivity index (χ2n) is 4.61. The Morgan fingerprint density at radius 3 is 2.19 bits per heavy atom. The first-order valence-corrected chi connectivity index (χ1v) is 6.92. The summed E-state index contributed by atoms with van der Waals surface area (Å²) >= 11 is 0. The van der Waals surface area contributed by atoms with E-state index in [4.69, 9.17) is 4.74 Å². The first kappa shape index (κ1) is 16.8. The Hall–Kier alpha value is -2.30. The van der Waals surface area contributed by atoms with Crippen LogP contribution in [-0.2, 0) is 9.59 Å². The van der Waals surface area contributed by atoms with Crippen LogP contribution in [0.15, 0.2) is 29.8 Å². The molecule has 1 aromatic carbocycles. The number of rotatable bonds is 9. The maximum absolute atomic E-state index is 10.6. The molecule has 0 atom stereocenters. The molecule has 114 valence electrons. The Kier molecular flexibility index (Phi) is 7.01. The zero-order valence-electron chi connectivity index (χ0n) is 12.0. The normalized spacial score (nSPS) is 9.95. The van der Waals surface area contributed by atoms with E-state index >= 15 is 0 Å². The molecule has 0 radical (unpaired) electrons. The zero-order chi connectivity index (χ0) is 15.7. The van der Waals surface area contributed by atoms with Gasteiger partial charge in [0, 0.05) is 5.57 Å². The molecule has 5 nitrogen and oxygen atoms in total. The molecule has 0 aliphatic carbocycles. The quantitative estimate of drug-likeness (QED) is 0.286. The average molecular weight is 290 g/mol. The van der Waals surface area contributed by atoms with Gasteiger partial charge in [-0.3, -0.25) is 0 Å². The topological polar surface area (TPSA) is 89.5 Å². The van der Waals surface area contributed by atoms with Crippen LogP contribution in [0.5, 0.6) is 5.75 Å². The molecule has 0 amide bonds. The molecule has 1 rings (SSSR count). The molecule has 0 heterocycles. The fourth-order valence-electron chi connectivity index (χ4n) is 1.75. The van der Waals surface area contributed by atoms with Gasteiger partial charge in [-0.05, 0) is 30.2 Å². The van der Waals surface area contributed by atoms with Gasteiger partial charge in [0.25, 0.3) is 0 Å². The molecule has 0 N–H and O–H groups in total. The number of carbonyl (C=O) groups excluding carboxylic acids is 2. The minimum Gasteiger partial charge on any atom is -0.545 e. The van der Waals surface area contributed by atoms with E-state index in [1.165, 1.54) is 12.8 Å². The standard InChI is InChI=1S/C16H20O5/c1-2-3-4-5-10-21-13-8-6-12(7-9-13)11-14(15(17)18)16(19)20/h6-9,11H,2-5,10H2,1H3,(H,17,18)(H,19,20)/p-2. The largest absolute Gasteiger partial charge is 0.545 e. The van der Waals surface area contributed by atoms with Gasteiger partial charge >= 0.3 is 0 Å². The van der Waals surface area contributed by atoms with Crippen LogP contribution in [0.4, 0.5) is 0 Å². The van der Waals surface area contributed by atoms with Crippen LogP contribution in [0, 0.1) is 0 Å². The highest BCUT2D eigenvalue weighted by Gasteiger charge is 2.01. The minimum absolute atomic E-state index is 0.428. The van der Waals surface area contributed by atoms with Crippen molar-refractivity contribution < 1.29 is 24.5 Å². The van der Waals surface area contributed by atoms with Crippen molar-refractivity contribution in [2.24, 2.45) is 0 Å². The van der Waals surface area contributed by atoms with Crippen molar-refractivity contribution in [2.45, 2.75) is 32.6 Å². The number of unbranched alkanes of at least 4 members (excludes halogenated alkanes) is 3. The van der Waals surface area contributed by atoms with Crippen LogP contribution in [-0.4, -0.2) is 18.5 Å². The van der Waals surface area contributed by atoms with Gasteiger partial charge in [0.05, 0.1) is 18.5 Å². The zero-order valence-corrected chi connectivity index (χ0v) is 12.0. The highest BCUT2D eigenvalue weighted by molar-refractivity contribution is 6.14. The predicted octanol–water partition coefficient (Wildman–Crippen LogP) is 0.529. The van der Waals surface area contributed by atoms with Crippen LogP contribution >= 0.6 is 0 Å². The summed E-state index contributed by atoms with van der Waals surface area (Å²) in [4.78, 5) is 21.2. The van der Waals surface area contributed by atoms with Crippen LogP contribution < -0.4 is 14.9 Å². The molecule has 0 fully saturated rings. The van der Waals surface area contributed by atoms with Crippen molar-refractivity contribution in [3.05, 3.63) is 35.4 Å². The van der Waals surface area contributed by atoms with E-state index in [0.717, 1.165) is 18.9 Å². The maximum Gasteiger partial charge on any atom is 0.119 e. The van der Waals surface area contributed by atoms with Crippen molar-refractivity contribution >= 4 is 18.0 Å². The summed E-state index contributed by atoms with van der Waals surface area (Å²) in [7, 11) is 0. The number of aliphatic carboxylic acids is 2. The molecule has 0 aliphatic heterocycles. The van der Waals surface area contributed by atoms with Crippen molar-refractivity contribution in [3.63, 3.8) is 0 Å². The number of hydrogen-bond acceptors (Lipinski definition) is 5. The summed E-state index contributed by atoms with van der Waals surface area (Å²) in [6, 6.07) is 6.47. The molecule has 1 aromatic rings. The van der Waals surface area contributed by atoms with E-state index in [0.29, 0.717) is 17.9 Å². The number of ether oxygens (including phenoxy) is 1. The molecular weight excluding hydrogens is 272 g/mol. The van der Waals surface area contributed by atoms with E-state index in [1.807, 2.05) is 0 Å². The first-order valence-electron chi connectivity index (χ1n) is 6.92. The van der Waals surface area contributed by atoms with Gasteiger partial charge < -0.3 is 24.5 Å². The summed E-state index contributed by atoms with van der Waals surface area (Å²) in [6.07, 6.45) is 5.45. The van der Waals surface area contributed by atoms with Crippen molar-refractivity contribution in [3.8, 4) is 5.75 Å². The third-order valence-corrected chi connectivity index (χ3v) is 2.90. The summed E-state index contributed by atoms with van der Waals surface area (Å²) < 4.78 is 5.53. The van der Waals surface area contributed by atoms with Gasteiger partial charge in [-0.25, -0.2) is 0 Å². The first-order chi connectivity index (χ1) is 10.0. The molecule has 0 unspecified atom stereocenters. The van der Waals surface area contributed by atoms with Crippen LogP contribution in [0.1, 0.15) is 38.2 Å². The van der Waals surface area contributed by atoms with Gasteiger partial charge in [0.1, 0.15) is 5.75 Å². The summed E-state index contributed by atoms with van der Waals surface area (Å²) in [5.41, 5.74) is -0.458. The van der Waals surface area contributed by atoms with E-state index in [2.05, 4.69) is 6.92 Å². The van der Waals surface area contributed by atoms with Gasteiger partial charge in [-0.15, -0.1) is 0 Å². The molecule has 0 saturated carbocycles. The molecule has 0 saturated heterocycles. The van der Waals surface area contributed by atoms with Gasteiger partial charge in [-0.2, -0.15) is 0 Å². The van der Waals surface area contributed by atoms with Gasteiger partial charge in [0.15, 0.2) is 0 Å². The van der Waals surface area contributed by atoms with E-state index in [1.54, 1.807) is 24.3 Å². The number of carbonyl (C=O) groups is 2. The monoisotopic (exact) mass is 290 g/mol. The van der Waals surface area contributed by atoms with Gasteiger partial charge in [-0.1, -0.05) is 38.3 Å². The molecule has 0 spiro atoms. The molecule has 5 heteroatoms. The molecule has 21 heavy (non-hydrogen) atoms. The summed E-state index contributed by atoms with van der Waals surface area (Å²) in [6.45, 7) is 2.76. The second-order valence-corrected chi connectivity index (χ2v) is 4.61. The average Bonchev–Trinajstić information content (AvgIpc) is 2.45. The van der Waals surface area contributed by atoms with E-state index in [-0.39, 0.29) is 0 Å². The fraction of sp³-hybridized carbons (Fsp3) is 0.375. The SMILES string of the molecule is CCCCCCOc1ccc(C=C(C(=O)[O-])C(=O)[O-])cc1. The maximum atomic E-state index is 10.6. The number of hydrogen-bond donors (Lipinski definition) is 0. The smallest absolute Gasteiger partial charge is 0.119 e. The van der Waals surface area contributed by atoms with Gasteiger partial charge in [0.2, 0.25) is 0 Å². The Bertz CT molecular complexity index is 486. The van der Waals surface area contributed by atoms with Crippen LogP contribution in [0.3, 0.4) is 0 Å². The lowest BCUT2D eigenvalue weighted by Gasteiger charge is -2.10. The van der Waals surface area contributed by atoms with Crippen molar-refractivity contribution in [1.29, 1.82) is 0 Å². The lowest BCUT2D eigenvalue weighted by atomic mass is 10.1. The number of benzene rings is 1. The Balaban J connectivity index is 2.59. The van der Waals surface area contributed by atoms with Crippen LogP contribution in [0.2, 0.25) is 0 Å². The molecular formula is C16H18O5-2. The fourth-order valence-corrected chi connectivity index (χ4v) is 1.75. The summed E-state index contributed by atoms with van der Waals surface area (Å²) in [5, 5.41) is 21.2. The second kappa shape index (κ2) is 8.79. The predicted molar refractivity (Wildman–Crippen MR) is 74.1 cm³/mol. The number of carboxylic acids is 2. The van der Waals surface area contributed by atoms with Crippen LogP contribution in [0.25, 0.3) is 6.08 Å². The lowest BCUT2D eigenvalue weighted by Crippen LogP contribution is -2.36. The highest BCUT2D eigenvalue weighted by Crippen LogP contribution is 2.15. The Morgan fingerprint density at radius 1 is 1.05 bits per heavy atom.